The average Bonchev–Trinajstić information content (AvgIpc) is 2.49. The number of amides is 2. The standard InChI is InChI=1S/C14H25N3O3.ClH/c1-20-10-9-17-8-5-15-12(14(17)19)11-13(18)16-6-3-2-4-7-16;/h12,15H,2-11H2,1H3;1H. The number of ether oxygens (including phenoxy) is 1. The van der Waals surface area contributed by atoms with Crippen molar-refractivity contribution in [2.45, 2.75) is 31.7 Å². The van der Waals surface area contributed by atoms with Gasteiger partial charge in [-0.25, -0.2) is 0 Å². The summed E-state index contributed by atoms with van der Waals surface area (Å²) < 4.78 is 5.01. The third-order valence-electron chi connectivity index (χ3n) is 4.04. The minimum atomic E-state index is -0.366. The maximum atomic E-state index is 12.3. The number of piperazine rings is 1. The van der Waals surface area contributed by atoms with Crippen LogP contribution in [0.1, 0.15) is 25.7 Å². The fraction of sp³-hybridized carbons (Fsp3) is 0.857. The van der Waals surface area contributed by atoms with E-state index in [-0.39, 0.29) is 36.7 Å². The van der Waals surface area contributed by atoms with Crippen LogP contribution in [-0.4, -0.2) is 74.1 Å². The van der Waals surface area contributed by atoms with Crippen LogP contribution in [0.2, 0.25) is 0 Å². The second-order valence-corrected chi connectivity index (χ2v) is 5.47. The molecule has 0 bridgehead atoms. The highest BCUT2D eigenvalue weighted by Gasteiger charge is 2.31. The first-order valence-corrected chi connectivity index (χ1v) is 7.51. The molecule has 0 aromatic rings. The smallest absolute Gasteiger partial charge is 0.240 e. The number of carbonyl (C=O) groups excluding carboxylic acids is 2. The van der Waals surface area contributed by atoms with Gasteiger partial charge >= 0.3 is 0 Å². The highest BCUT2D eigenvalue weighted by Crippen LogP contribution is 2.12. The van der Waals surface area contributed by atoms with Gasteiger partial charge in [-0.1, -0.05) is 0 Å². The predicted molar refractivity (Wildman–Crippen MR) is 82.5 cm³/mol. The lowest BCUT2D eigenvalue weighted by molar-refractivity contribution is -0.141. The fourth-order valence-electron chi connectivity index (χ4n) is 2.82. The monoisotopic (exact) mass is 319 g/mol. The molecule has 1 unspecified atom stereocenters. The fourth-order valence-corrected chi connectivity index (χ4v) is 2.82. The zero-order valence-corrected chi connectivity index (χ0v) is 13.5. The number of halogens is 1. The Kier molecular flexibility index (Phi) is 8.00. The molecule has 0 radical (unpaired) electrons. The summed E-state index contributed by atoms with van der Waals surface area (Å²) in [5, 5.41) is 3.17. The Labute approximate surface area is 132 Å². The summed E-state index contributed by atoms with van der Waals surface area (Å²) in [4.78, 5) is 28.2. The van der Waals surface area contributed by atoms with Gasteiger partial charge in [-0.15, -0.1) is 12.4 Å². The van der Waals surface area contributed by atoms with Crippen LogP contribution in [0.25, 0.3) is 0 Å². The van der Waals surface area contributed by atoms with Crippen molar-refractivity contribution >= 4 is 24.2 Å². The Morgan fingerprint density at radius 1 is 1.29 bits per heavy atom. The number of nitrogens with one attached hydrogen (secondary N) is 1. The molecule has 2 fully saturated rings. The van der Waals surface area contributed by atoms with Gasteiger partial charge in [0, 0.05) is 39.8 Å². The van der Waals surface area contributed by atoms with Crippen LogP contribution in [0.15, 0.2) is 0 Å². The second kappa shape index (κ2) is 9.23. The Balaban J connectivity index is 0.00000220. The van der Waals surface area contributed by atoms with Crippen LogP contribution in [0.5, 0.6) is 0 Å². The molecule has 2 heterocycles. The second-order valence-electron chi connectivity index (χ2n) is 5.47. The first-order valence-electron chi connectivity index (χ1n) is 7.51. The van der Waals surface area contributed by atoms with E-state index in [1.54, 1.807) is 12.0 Å². The van der Waals surface area contributed by atoms with Crippen molar-refractivity contribution in [1.82, 2.24) is 15.1 Å². The van der Waals surface area contributed by atoms with Gasteiger partial charge in [-0.2, -0.15) is 0 Å². The number of likely N-dealkylation sites (tertiary alicyclic amines) is 1. The van der Waals surface area contributed by atoms with Crippen molar-refractivity contribution in [2.24, 2.45) is 0 Å². The average molecular weight is 320 g/mol. The van der Waals surface area contributed by atoms with E-state index in [1.807, 2.05) is 4.90 Å². The molecule has 1 N–H and O–H groups in total. The van der Waals surface area contributed by atoms with Crippen LogP contribution in [-0.2, 0) is 14.3 Å². The third-order valence-corrected chi connectivity index (χ3v) is 4.04. The first-order chi connectivity index (χ1) is 9.72. The molecule has 21 heavy (non-hydrogen) atoms. The molecular weight excluding hydrogens is 294 g/mol. The minimum absolute atomic E-state index is 0. The zero-order valence-electron chi connectivity index (χ0n) is 12.7. The van der Waals surface area contributed by atoms with Crippen LogP contribution >= 0.6 is 12.4 Å². The van der Waals surface area contributed by atoms with Crippen LogP contribution in [0, 0.1) is 0 Å². The molecule has 7 heteroatoms. The zero-order chi connectivity index (χ0) is 14.4. The Morgan fingerprint density at radius 2 is 2.00 bits per heavy atom. The topological polar surface area (TPSA) is 61.9 Å². The molecule has 0 aliphatic carbocycles. The van der Waals surface area contributed by atoms with Crippen molar-refractivity contribution in [3.63, 3.8) is 0 Å². The first kappa shape index (κ1) is 18.2. The van der Waals surface area contributed by atoms with Gasteiger partial charge in [0.05, 0.1) is 19.1 Å². The normalized spacial score (nSPS) is 22.9. The van der Waals surface area contributed by atoms with Gasteiger partial charge in [0.15, 0.2) is 0 Å². The third kappa shape index (κ3) is 5.13. The molecule has 6 nitrogen and oxygen atoms in total. The highest BCUT2D eigenvalue weighted by atomic mass is 35.5. The Hall–Kier alpha value is -0.850. The largest absolute Gasteiger partial charge is 0.383 e. The van der Waals surface area contributed by atoms with Gasteiger partial charge in [0.1, 0.15) is 0 Å². The summed E-state index contributed by atoms with van der Waals surface area (Å²) in [5.74, 6) is 0.128. The predicted octanol–water partition coefficient (Wildman–Crippen LogP) is 0.258. The summed E-state index contributed by atoms with van der Waals surface area (Å²) in [5.41, 5.74) is 0. The van der Waals surface area contributed by atoms with Crippen molar-refractivity contribution in [3.8, 4) is 0 Å². The van der Waals surface area contributed by atoms with Crippen LogP contribution < -0.4 is 5.32 Å². The SMILES string of the molecule is COCCN1CCNC(CC(=O)N2CCCCC2)C1=O.Cl. The molecule has 0 aromatic carbocycles. The summed E-state index contributed by atoms with van der Waals surface area (Å²) in [7, 11) is 1.63. The van der Waals surface area contributed by atoms with Gasteiger partial charge in [0.25, 0.3) is 0 Å². The van der Waals surface area contributed by atoms with E-state index in [1.165, 1.54) is 6.42 Å². The number of hydrogen-bond donors (Lipinski definition) is 1. The van der Waals surface area contributed by atoms with Crippen molar-refractivity contribution < 1.29 is 14.3 Å². The van der Waals surface area contributed by atoms with Gasteiger partial charge < -0.3 is 19.9 Å². The van der Waals surface area contributed by atoms with E-state index in [2.05, 4.69) is 5.32 Å². The van der Waals surface area contributed by atoms with Gasteiger partial charge in [-0.3, -0.25) is 9.59 Å². The maximum Gasteiger partial charge on any atom is 0.240 e. The Morgan fingerprint density at radius 3 is 2.67 bits per heavy atom. The van der Waals surface area contributed by atoms with E-state index in [4.69, 9.17) is 4.74 Å². The molecule has 1 atom stereocenters. The van der Waals surface area contributed by atoms with E-state index in [9.17, 15) is 9.59 Å². The minimum Gasteiger partial charge on any atom is -0.383 e. The summed E-state index contributed by atoms with van der Waals surface area (Å²) in [6.45, 7) is 4.26. The molecule has 2 aliphatic heterocycles. The van der Waals surface area contributed by atoms with E-state index in [0.717, 1.165) is 32.5 Å². The van der Waals surface area contributed by atoms with E-state index in [0.29, 0.717) is 19.7 Å². The molecule has 0 saturated carbocycles. The molecule has 0 aromatic heterocycles. The molecule has 122 valence electrons. The van der Waals surface area contributed by atoms with Gasteiger partial charge in [-0.05, 0) is 19.3 Å². The van der Waals surface area contributed by atoms with Gasteiger partial charge in [0.2, 0.25) is 11.8 Å². The lowest BCUT2D eigenvalue weighted by Crippen LogP contribution is -2.57. The number of carbonyl (C=O) groups is 2. The number of hydrogen-bond acceptors (Lipinski definition) is 4. The highest BCUT2D eigenvalue weighted by molar-refractivity contribution is 5.89. The lowest BCUT2D eigenvalue weighted by atomic mass is 10.1. The molecular formula is C14H26ClN3O3. The maximum absolute atomic E-state index is 12.3. The lowest BCUT2D eigenvalue weighted by Gasteiger charge is -2.34. The molecule has 0 spiro atoms. The van der Waals surface area contributed by atoms with Crippen LogP contribution in [0.4, 0.5) is 0 Å². The Bertz CT molecular complexity index is 348. The van der Waals surface area contributed by atoms with E-state index < -0.39 is 0 Å². The summed E-state index contributed by atoms with van der Waals surface area (Å²) in [6.07, 6.45) is 3.65. The number of rotatable bonds is 5. The van der Waals surface area contributed by atoms with Crippen molar-refractivity contribution in [2.75, 3.05) is 46.4 Å². The number of methoxy groups -OCH3 is 1. The number of piperidine rings is 1. The van der Waals surface area contributed by atoms with Crippen molar-refractivity contribution in [3.05, 3.63) is 0 Å². The summed E-state index contributed by atoms with van der Waals surface area (Å²) in [6, 6.07) is -0.366. The van der Waals surface area contributed by atoms with Crippen LogP contribution in [0.3, 0.4) is 0 Å². The quantitative estimate of drug-likeness (QED) is 0.789. The molecule has 2 rings (SSSR count). The number of nitrogens with zero attached hydrogens (tertiary/aromatic N) is 2. The molecule has 2 amide bonds. The van der Waals surface area contributed by atoms with Crippen molar-refractivity contribution in [1.29, 1.82) is 0 Å². The molecule has 2 saturated heterocycles. The summed E-state index contributed by atoms with van der Waals surface area (Å²) >= 11 is 0. The van der Waals surface area contributed by atoms with E-state index >= 15 is 0 Å². The molecule has 2 aliphatic rings.